The number of carboxylic acids is 1. The Morgan fingerprint density at radius 1 is 1.33 bits per heavy atom. The van der Waals surface area contributed by atoms with Gasteiger partial charge in [0.25, 0.3) is 0 Å². The highest BCUT2D eigenvalue weighted by atomic mass is 16.4. The number of Topliss-reactive ketones (excluding diaryl/α,β-unsaturated/α-hetero) is 1. The van der Waals surface area contributed by atoms with Crippen molar-refractivity contribution in [3.05, 3.63) is 0 Å². The summed E-state index contributed by atoms with van der Waals surface area (Å²) in [6.07, 6.45) is 1.75. The molecule has 12 heavy (non-hydrogen) atoms. The summed E-state index contributed by atoms with van der Waals surface area (Å²) in [6, 6.07) is 0. The summed E-state index contributed by atoms with van der Waals surface area (Å²) in [5, 5.41) is 8.20. The van der Waals surface area contributed by atoms with Crippen molar-refractivity contribution in [3.8, 4) is 11.8 Å². The lowest BCUT2D eigenvalue weighted by molar-refractivity contribution is -0.135. The van der Waals surface area contributed by atoms with E-state index in [0.717, 1.165) is 6.42 Å². The highest BCUT2D eigenvalue weighted by Crippen LogP contribution is 1.94. The lowest BCUT2D eigenvalue weighted by Gasteiger charge is -1.87. The number of carbonyl (C=O) groups excluding carboxylic acids is 1. The van der Waals surface area contributed by atoms with Gasteiger partial charge in [-0.05, 0) is 13.3 Å². The number of aliphatic carboxylic acids is 1. The van der Waals surface area contributed by atoms with Gasteiger partial charge in [0.05, 0.1) is 0 Å². The van der Waals surface area contributed by atoms with Crippen LogP contribution >= 0.6 is 0 Å². The van der Waals surface area contributed by atoms with Gasteiger partial charge in [0.2, 0.25) is 0 Å². The van der Waals surface area contributed by atoms with Gasteiger partial charge in [0.1, 0.15) is 12.2 Å². The van der Waals surface area contributed by atoms with Crippen LogP contribution in [-0.4, -0.2) is 16.9 Å². The highest BCUT2D eigenvalue weighted by molar-refractivity contribution is 5.75. The van der Waals surface area contributed by atoms with E-state index in [2.05, 4.69) is 11.8 Å². The lowest BCUT2D eigenvalue weighted by Crippen LogP contribution is -1.90. The summed E-state index contributed by atoms with van der Waals surface area (Å²) in [7, 11) is 0. The zero-order valence-electron chi connectivity index (χ0n) is 7.09. The third-order valence-corrected chi connectivity index (χ3v) is 1.20. The average Bonchev–Trinajstić information content (AvgIpc) is 1.95. The van der Waals surface area contributed by atoms with Crippen LogP contribution in [0.2, 0.25) is 0 Å². The second kappa shape index (κ2) is 6.41. The number of unbranched alkanes of at least 4 members (excludes halogenated alkanes) is 1. The first-order valence-corrected chi connectivity index (χ1v) is 3.80. The third-order valence-electron chi connectivity index (χ3n) is 1.20. The fourth-order valence-electron chi connectivity index (χ4n) is 0.652. The molecule has 0 aliphatic rings. The van der Waals surface area contributed by atoms with E-state index in [1.54, 1.807) is 0 Å². The van der Waals surface area contributed by atoms with Crippen molar-refractivity contribution >= 4 is 11.8 Å². The van der Waals surface area contributed by atoms with Gasteiger partial charge in [-0.2, -0.15) is 0 Å². The van der Waals surface area contributed by atoms with E-state index in [0.29, 0.717) is 12.8 Å². The van der Waals surface area contributed by atoms with Crippen LogP contribution in [0.15, 0.2) is 0 Å². The second-order valence-electron chi connectivity index (χ2n) is 2.48. The van der Waals surface area contributed by atoms with E-state index in [1.807, 2.05) is 0 Å². The van der Waals surface area contributed by atoms with Gasteiger partial charge in [-0.3, -0.25) is 4.79 Å². The molecule has 0 aromatic heterocycles. The van der Waals surface area contributed by atoms with Gasteiger partial charge >= 0.3 is 5.97 Å². The van der Waals surface area contributed by atoms with E-state index >= 15 is 0 Å². The first-order valence-electron chi connectivity index (χ1n) is 3.80. The fourth-order valence-corrected chi connectivity index (χ4v) is 0.652. The summed E-state index contributed by atoms with van der Waals surface area (Å²) in [5.74, 6) is 4.43. The van der Waals surface area contributed by atoms with Crippen LogP contribution in [0.3, 0.4) is 0 Å². The molecule has 0 saturated carbocycles. The van der Waals surface area contributed by atoms with Gasteiger partial charge < -0.3 is 9.90 Å². The summed E-state index contributed by atoms with van der Waals surface area (Å²) in [4.78, 5) is 20.4. The van der Waals surface area contributed by atoms with Crippen LogP contribution in [0, 0.1) is 11.8 Å². The SMILES string of the molecule is CC(=O)CCCC#CCC(=O)O. The molecule has 0 aliphatic carbocycles. The zero-order valence-corrected chi connectivity index (χ0v) is 7.09. The molecule has 0 aliphatic heterocycles. The maximum absolute atomic E-state index is 10.4. The Bertz CT molecular complexity index is 220. The minimum Gasteiger partial charge on any atom is -0.481 e. The van der Waals surface area contributed by atoms with Crippen molar-refractivity contribution in [1.29, 1.82) is 0 Å². The molecule has 0 radical (unpaired) electrons. The molecule has 0 atom stereocenters. The Morgan fingerprint density at radius 2 is 2.00 bits per heavy atom. The van der Waals surface area contributed by atoms with E-state index in [4.69, 9.17) is 5.11 Å². The Morgan fingerprint density at radius 3 is 2.50 bits per heavy atom. The van der Waals surface area contributed by atoms with Crippen LogP contribution in [0.25, 0.3) is 0 Å². The molecule has 0 unspecified atom stereocenters. The Labute approximate surface area is 71.8 Å². The van der Waals surface area contributed by atoms with Crippen LogP contribution in [0.4, 0.5) is 0 Å². The van der Waals surface area contributed by atoms with E-state index < -0.39 is 5.97 Å². The quantitative estimate of drug-likeness (QED) is 0.507. The van der Waals surface area contributed by atoms with E-state index in [9.17, 15) is 9.59 Å². The molecule has 0 bridgehead atoms. The molecular formula is C9H12O3. The molecule has 0 saturated heterocycles. The van der Waals surface area contributed by atoms with Crippen LogP contribution < -0.4 is 0 Å². The normalized spacial score (nSPS) is 8.42. The summed E-state index contributed by atoms with van der Waals surface area (Å²) in [6.45, 7) is 1.53. The number of carbonyl (C=O) groups is 2. The maximum atomic E-state index is 10.4. The minimum atomic E-state index is -0.908. The molecule has 1 N–H and O–H groups in total. The predicted molar refractivity (Wildman–Crippen MR) is 44.6 cm³/mol. The van der Waals surface area contributed by atoms with Crippen molar-refractivity contribution in [2.45, 2.75) is 32.6 Å². The van der Waals surface area contributed by atoms with Crippen molar-refractivity contribution in [2.24, 2.45) is 0 Å². The molecule has 3 heteroatoms. The molecular weight excluding hydrogens is 156 g/mol. The number of hydrogen-bond acceptors (Lipinski definition) is 2. The monoisotopic (exact) mass is 168 g/mol. The summed E-state index contributed by atoms with van der Waals surface area (Å²) in [5.41, 5.74) is 0. The number of hydrogen-bond donors (Lipinski definition) is 1. The smallest absolute Gasteiger partial charge is 0.315 e. The Hall–Kier alpha value is -1.30. The van der Waals surface area contributed by atoms with Crippen molar-refractivity contribution in [2.75, 3.05) is 0 Å². The van der Waals surface area contributed by atoms with Crippen molar-refractivity contribution in [1.82, 2.24) is 0 Å². The van der Waals surface area contributed by atoms with Crippen LogP contribution in [0.1, 0.15) is 32.6 Å². The van der Waals surface area contributed by atoms with E-state index in [-0.39, 0.29) is 12.2 Å². The topological polar surface area (TPSA) is 54.4 Å². The maximum Gasteiger partial charge on any atom is 0.315 e. The number of rotatable bonds is 4. The van der Waals surface area contributed by atoms with Crippen molar-refractivity contribution in [3.63, 3.8) is 0 Å². The minimum absolute atomic E-state index is 0.111. The second-order valence-corrected chi connectivity index (χ2v) is 2.48. The predicted octanol–water partition coefficient (Wildman–Crippen LogP) is 1.22. The number of ketones is 1. The van der Waals surface area contributed by atoms with Gasteiger partial charge in [-0.15, -0.1) is 5.92 Å². The molecule has 0 amide bonds. The number of carboxylic acid groups (broad SMARTS) is 1. The molecule has 66 valence electrons. The summed E-state index contributed by atoms with van der Waals surface area (Å²) >= 11 is 0. The lowest BCUT2D eigenvalue weighted by atomic mass is 10.2. The van der Waals surface area contributed by atoms with Gasteiger partial charge in [0, 0.05) is 12.8 Å². The highest BCUT2D eigenvalue weighted by Gasteiger charge is 1.91. The first kappa shape index (κ1) is 10.7. The van der Waals surface area contributed by atoms with E-state index in [1.165, 1.54) is 6.92 Å². The van der Waals surface area contributed by atoms with Crippen LogP contribution in [0.5, 0.6) is 0 Å². The molecule has 3 nitrogen and oxygen atoms in total. The molecule has 0 aromatic rings. The third kappa shape index (κ3) is 8.70. The molecule has 0 spiro atoms. The Kier molecular flexibility index (Phi) is 5.72. The zero-order chi connectivity index (χ0) is 9.40. The molecule has 0 heterocycles. The standard InChI is InChI=1S/C9H12O3/c1-8(10)6-4-2-3-5-7-9(11)12/h2,4,6-7H2,1H3,(H,11,12). The van der Waals surface area contributed by atoms with Gasteiger partial charge in [-0.1, -0.05) is 5.92 Å². The molecule has 0 fully saturated rings. The average molecular weight is 168 g/mol. The largest absolute Gasteiger partial charge is 0.481 e. The van der Waals surface area contributed by atoms with Gasteiger partial charge in [0.15, 0.2) is 0 Å². The summed E-state index contributed by atoms with van der Waals surface area (Å²) < 4.78 is 0. The Balaban J connectivity index is 3.33. The molecule has 0 aromatic carbocycles. The van der Waals surface area contributed by atoms with Crippen molar-refractivity contribution < 1.29 is 14.7 Å². The molecule has 0 rings (SSSR count). The first-order chi connectivity index (χ1) is 5.63. The van der Waals surface area contributed by atoms with Crippen LogP contribution in [-0.2, 0) is 9.59 Å². The fraction of sp³-hybridized carbons (Fsp3) is 0.556. The van der Waals surface area contributed by atoms with Gasteiger partial charge in [-0.25, -0.2) is 0 Å².